The standard InChI is InChI=1S/C41H72O12S/c1-3-5-7-9-11-13-15-17-18-19-20-22-24-26-28-30-37(43)51-35(33-49-31-29-27-25-23-21-16-14-12-10-8-6-4-2)34-50-41-39(45)40(53-54(46,47)48)38(44)36(32-42)52-41/h5,7,10-13,17-18,35-36,38-42,44-45H,3-4,6,8-9,14-16,19-34H2,1-2H3,(H,46,47,48)/b7-5-,12-10-,13-11-,18-17-. The molecular weight excluding hydrogens is 717 g/mol. The van der Waals surface area contributed by atoms with E-state index >= 15 is 0 Å². The van der Waals surface area contributed by atoms with Crippen LogP contribution in [0, 0.1) is 0 Å². The Bertz CT molecular complexity index is 1140. The Balaban J connectivity index is 2.50. The third-order valence-corrected chi connectivity index (χ3v) is 9.40. The lowest BCUT2D eigenvalue weighted by Gasteiger charge is -2.41. The maximum Gasteiger partial charge on any atom is 0.397 e. The van der Waals surface area contributed by atoms with E-state index in [4.69, 9.17) is 23.5 Å². The van der Waals surface area contributed by atoms with Crippen molar-refractivity contribution in [3.05, 3.63) is 48.6 Å². The molecule has 1 rings (SSSR count). The molecule has 0 amide bonds. The number of unbranched alkanes of at least 4 members (excludes halogenated alkanes) is 13. The highest BCUT2D eigenvalue weighted by Crippen LogP contribution is 2.26. The van der Waals surface area contributed by atoms with Crippen molar-refractivity contribution in [2.75, 3.05) is 26.4 Å². The third-order valence-electron chi connectivity index (χ3n) is 8.93. The van der Waals surface area contributed by atoms with Gasteiger partial charge in [0, 0.05) is 13.0 Å². The van der Waals surface area contributed by atoms with Crippen molar-refractivity contribution < 1.29 is 56.2 Å². The van der Waals surface area contributed by atoms with Crippen molar-refractivity contribution in [3.63, 3.8) is 0 Å². The van der Waals surface area contributed by atoms with Gasteiger partial charge in [-0.05, 0) is 64.2 Å². The molecular formula is C41H72O12S. The Morgan fingerprint density at radius 3 is 1.89 bits per heavy atom. The number of allylic oxidation sites excluding steroid dienone is 8. The van der Waals surface area contributed by atoms with Gasteiger partial charge >= 0.3 is 16.4 Å². The fourth-order valence-electron chi connectivity index (χ4n) is 5.84. The first-order valence-electron chi connectivity index (χ1n) is 20.4. The van der Waals surface area contributed by atoms with Gasteiger partial charge in [0.2, 0.25) is 0 Å². The average molecular weight is 789 g/mol. The van der Waals surface area contributed by atoms with Crippen molar-refractivity contribution in [2.24, 2.45) is 0 Å². The van der Waals surface area contributed by atoms with Crippen LogP contribution in [-0.4, -0.2) is 97.5 Å². The molecule has 6 atom stereocenters. The van der Waals surface area contributed by atoms with Gasteiger partial charge in [0.05, 0.1) is 19.8 Å². The van der Waals surface area contributed by atoms with Crippen molar-refractivity contribution in [2.45, 2.75) is 179 Å². The van der Waals surface area contributed by atoms with E-state index in [-0.39, 0.29) is 19.6 Å². The molecule has 6 unspecified atom stereocenters. The Morgan fingerprint density at radius 2 is 1.28 bits per heavy atom. The lowest BCUT2D eigenvalue weighted by atomic mass is 9.99. The van der Waals surface area contributed by atoms with Crippen LogP contribution in [0.1, 0.15) is 142 Å². The second-order valence-corrected chi connectivity index (χ2v) is 14.9. The predicted octanol–water partition coefficient (Wildman–Crippen LogP) is 7.63. The number of aliphatic hydroxyl groups excluding tert-OH is 3. The zero-order valence-corrected chi connectivity index (χ0v) is 33.8. The van der Waals surface area contributed by atoms with E-state index in [1.54, 1.807) is 0 Å². The molecule has 1 heterocycles. The fourth-order valence-corrected chi connectivity index (χ4v) is 6.35. The average Bonchev–Trinajstić information content (AvgIpc) is 3.14. The number of hydrogen-bond donors (Lipinski definition) is 4. The van der Waals surface area contributed by atoms with E-state index < -0.39 is 59.8 Å². The summed E-state index contributed by atoms with van der Waals surface area (Å²) in [6, 6.07) is 0. The second kappa shape index (κ2) is 33.2. The first-order chi connectivity index (χ1) is 26.1. The van der Waals surface area contributed by atoms with E-state index in [0.29, 0.717) is 13.0 Å². The smallest absolute Gasteiger partial charge is 0.397 e. The first-order valence-corrected chi connectivity index (χ1v) is 21.8. The summed E-state index contributed by atoms with van der Waals surface area (Å²) in [6.45, 7) is 3.78. The molecule has 54 heavy (non-hydrogen) atoms. The Kier molecular flexibility index (Phi) is 30.8. The van der Waals surface area contributed by atoms with Gasteiger partial charge in [0.25, 0.3) is 0 Å². The maximum atomic E-state index is 12.8. The fraction of sp³-hybridized carbons (Fsp3) is 0.780. The summed E-state index contributed by atoms with van der Waals surface area (Å²) in [6.07, 6.45) is 28.6. The summed E-state index contributed by atoms with van der Waals surface area (Å²) in [5.41, 5.74) is 0. The minimum absolute atomic E-state index is 0.0230. The molecule has 0 aliphatic carbocycles. The van der Waals surface area contributed by atoms with E-state index in [1.165, 1.54) is 32.1 Å². The Labute approximate surface area is 326 Å². The van der Waals surface area contributed by atoms with Gasteiger partial charge in [-0.25, -0.2) is 4.18 Å². The molecule has 0 spiro atoms. The topological polar surface area (TPSA) is 178 Å². The zero-order valence-electron chi connectivity index (χ0n) is 33.0. The molecule has 0 saturated carbocycles. The predicted molar refractivity (Wildman–Crippen MR) is 211 cm³/mol. The Hall–Kier alpha value is -1.94. The molecule has 314 valence electrons. The van der Waals surface area contributed by atoms with Crippen molar-refractivity contribution in [1.29, 1.82) is 0 Å². The van der Waals surface area contributed by atoms with Gasteiger partial charge in [0.1, 0.15) is 30.5 Å². The summed E-state index contributed by atoms with van der Waals surface area (Å²) < 4.78 is 58.8. The lowest BCUT2D eigenvalue weighted by Crippen LogP contribution is -2.60. The number of rotatable bonds is 34. The largest absolute Gasteiger partial charge is 0.457 e. The van der Waals surface area contributed by atoms with Gasteiger partial charge in [0.15, 0.2) is 6.29 Å². The molecule has 1 aliphatic rings. The highest BCUT2D eigenvalue weighted by atomic mass is 32.3. The highest BCUT2D eigenvalue weighted by Gasteiger charge is 2.48. The van der Waals surface area contributed by atoms with Crippen LogP contribution in [0.5, 0.6) is 0 Å². The molecule has 1 saturated heterocycles. The normalized spacial score (nSPS) is 21.6. The summed E-state index contributed by atoms with van der Waals surface area (Å²) >= 11 is 0. The summed E-state index contributed by atoms with van der Waals surface area (Å²) in [7, 11) is -5.06. The highest BCUT2D eigenvalue weighted by molar-refractivity contribution is 7.80. The molecule has 0 radical (unpaired) electrons. The minimum atomic E-state index is -5.06. The van der Waals surface area contributed by atoms with Crippen molar-refractivity contribution >= 4 is 16.4 Å². The molecule has 0 aromatic carbocycles. The van der Waals surface area contributed by atoms with Gasteiger partial charge in [-0.3, -0.25) is 9.35 Å². The maximum absolute atomic E-state index is 12.8. The molecule has 12 nitrogen and oxygen atoms in total. The molecule has 0 bridgehead atoms. The van der Waals surface area contributed by atoms with Gasteiger partial charge in [-0.15, -0.1) is 0 Å². The van der Waals surface area contributed by atoms with E-state index in [2.05, 4.69) is 66.6 Å². The molecule has 0 aromatic heterocycles. The van der Waals surface area contributed by atoms with Crippen LogP contribution in [0.3, 0.4) is 0 Å². The molecule has 1 aliphatic heterocycles. The quantitative estimate of drug-likeness (QED) is 0.0217. The van der Waals surface area contributed by atoms with E-state index in [0.717, 1.165) is 83.5 Å². The summed E-state index contributed by atoms with van der Waals surface area (Å²) in [5, 5.41) is 30.6. The van der Waals surface area contributed by atoms with Gasteiger partial charge < -0.3 is 34.3 Å². The van der Waals surface area contributed by atoms with Crippen LogP contribution in [0.4, 0.5) is 0 Å². The van der Waals surface area contributed by atoms with Gasteiger partial charge in [-0.2, -0.15) is 8.42 Å². The number of carbonyl (C=O) groups is 1. The van der Waals surface area contributed by atoms with E-state index in [1.807, 2.05) is 0 Å². The molecule has 4 N–H and O–H groups in total. The van der Waals surface area contributed by atoms with Crippen LogP contribution in [0.15, 0.2) is 48.6 Å². The zero-order chi connectivity index (χ0) is 39.7. The molecule has 13 heteroatoms. The van der Waals surface area contributed by atoms with Gasteiger partial charge in [-0.1, -0.05) is 120 Å². The number of ether oxygens (including phenoxy) is 4. The van der Waals surface area contributed by atoms with Crippen LogP contribution in [-0.2, 0) is 38.3 Å². The Morgan fingerprint density at radius 1 is 0.722 bits per heavy atom. The second-order valence-electron chi connectivity index (χ2n) is 13.8. The first kappa shape index (κ1) is 50.1. The minimum Gasteiger partial charge on any atom is -0.457 e. The van der Waals surface area contributed by atoms with Crippen molar-refractivity contribution in [1.82, 2.24) is 0 Å². The SMILES string of the molecule is CC/C=C\C/C=C\C/C=C\CCCCCCCC(=O)OC(COCCCCCCCC/C=C\CCCC)COC1OC(CO)C(O)C(OS(=O)(=O)O)C1O. The molecule has 1 fully saturated rings. The van der Waals surface area contributed by atoms with Crippen LogP contribution in [0.25, 0.3) is 0 Å². The summed E-state index contributed by atoms with van der Waals surface area (Å²) in [4.78, 5) is 12.8. The number of carbonyl (C=O) groups excluding carboxylic acids is 1. The number of esters is 1. The van der Waals surface area contributed by atoms with Crippen LogP contribution < -0.4 is 0 Å². The number of hydrogen-bond acceptors (Lipinski definition) is 11. The summed E-state index contributed by atoms with van der Waals surface area (Å²) in [5.74, 6) is -0.421. The van der Waals surface area contributed by atoms with Crippen LogP contribution in [0.2, 0.25) is 0 Å². The number of aliphatic hydroxyl groups is 3. The van der Waals surface area contributed by atoms with Crippen LogP contribution >= 0.6 is 0 Å². The lowest BCUT2D eigenvalue weighted by molar-refractivity contribution is -0.301. The van der Waals surface area contributed by atoms with Crippen molar-refractivity contribution in [3.8, 4) is 0 Å². The van der Waals surface area contributed by atoms with E-state index in [9.17, 15) is 28.5 Å². The monoisotopic (exact) mass is 788 g/mol. The third kappa shape index (κ3) is 26.8. The molecule has 0 aromatic rings.